The van der Waals surface area contributed by atoms with Crippen LogP contribution in [-0.4, -0.2) is 17.6 Å². The van der Waals surface area contributed by atoms with Crippen LogP contribution in [0.3, 0.4) is 0 Å². The highest BCUT2D eigenvalue weighted by molar-refractivity contribution is 9.11. The van der Waals surface area contributed by atoms with Gasteiger partial charge in [-0.05, 0) is 41.1 Å². The Hall–Kier alpha value is -1.34. The molecular formula is C12H10Br2N2O3. The van der Waals surface area contributed by atoms with Gasteiger partial charge in [0, 0.05) is 8.95 Å². The van der Waals surface area contributed by atoms with Crippen molar-refractivity contribution in [2.24, 2.45) is 0 Å². The molecule has 2 N–H and O–H groups in total. The largest absolute Gasteiger partial charge is 0.461 e. The van der Waals surface area contributed by atoms with E-state index in [1.165, 1.54) is 0 Å². The zero-order valence-corrected chi connectivity index (χ0v) is 13.1. The molecule has 19 heavy (non-hydrogen) atoms. The van der Waals surface area contributed by atoms with Crippen LogP contribution < -0.4 is 5.73 Å². The average Bonchev–Trinajstić information content (AvgIpc) is 2.74. The van der Waals surface area contributed by atoms with Gasteiger partial charge in [-0.1, -0.05) is 15.9 Å². The van der Waals surface area contributed by atoms with Gasteiger partial charge in [0.15, 0.2) is 0 Å². The summed E-state index contributed by atoms with van der Waals surface area (Å²) in [6.07, 6.45) is 0. The molecule has 0 saturated heterocycles. The van der Waals surface area contributed by atoms with Crippen molar-refractivity contribution in [2.75, 3.05) is 12.3 Å². The van der Waals surface area contributed by atoms with Gasteiger partial charge in [0.05, 0.1) is 12.2 Å². The number of oxazole rings is 1. The lowest BCUT2D eigenvalue weighted by molar-refractivity contribution is 0.0521. The lowest BCUT2D eigenvalue weighted by Crippen LogP contribution is -2.07. The molecule has 0 aliphatic carbocycles. The number of ether oxygens (including phenoxy) is 1. The Kier molecular flexibility index (Phi) is 4.26. The van der Waals surface area contributed by atoms with E-state index >= 15 is 0 Å². The standard InChI is InChI=1S/C12H10Br2N2O3/c1-2-18-12(17)9-10(15)19-11(16-9)7-5-6(13)3-4-8(7)14/h3-5H,2,15H2,1H3. The number of aromatic nitrogens is 1. The number of nitrogens with two attached hydrogens (primary N) is 1. The smallest absolute Gasteiger partial charge is 0.362 e. The Morgan fingerprint density at radius 1 is 1.47 bits per heavy atom. The van der Waals surface area contributed by atoms with Crippen LogP contribution >= 0.6 is 31.9 Å². The lowest BCUT2D eigenvalue weighted by atomic mass is 10.2. The molecule has 0 aliphatic heterocycles. The molecule has 100 valence electrons. The van der Waals surface area contributed by atoms with E-state index in [0.717, 1.165) is 8.95 Å². The molecule has 0 unspecified atom stereocenters. The molecule has 0 spiro atoms. The predicted molar refractivity (Wildman–Crippen MR) is 77.7 cm³/mol. The minimum absolute atomic E-state index is 0.0104. The van der Waals surface area contributed by atoms with Crippen LogP contribution in [0.5, 0.6) is 0 Å². The Balaban J connectivity index is 2.44. The first-order chi connectivity index (χ1) is 9.02. The molecule has 5 nitrogen and oxygen atoms in total. The molecule has 0 bridgehead atoms. The number of carbonyl (C=O) groups excluding carboxylic acids is 1. The maximum Gasteiger partial charge on any atom is 0.362 e. The summed E-state index contributed by atoms with van der Waals surface area (Å²) in [4.78, 5) is 15.7. The number of anilines is 1. The van der Waals surface area contributed by atoms with Gasteiger partial charge in [-0.25, -0.2) is 4.79 Å². The molecule has 0 aliphatic rings. The number of rotatable bonds is 3. The highest BCUT2D eigenvalue weighted by Gasteiger charge is 2.21. The van der Waals surface area contributed by atoms with Gasteiger partial charge in [-0.3, -0.25) is 0 Å². The van der Waals surface area contributed by atoms with Gasteiger partial charge < -0.3 is 14.9 Å². The molecular weight excluding hydrogens is 380 g/mol. The van der Waals surface area contributed by atoms with E-state index in [1.54, 1.807) is 6.92 Å². The first-order valence-electron chi connectivity index (χ1n) is 5.41. The second kappa shape index (κ2) is 5.75. The second-order valence-electron chi connectivity index (χ2n) is 3.58. The number of carbonyl (C=O) groups is 1. The van der Waals surface area contributed by atoms with Crippen molar-refractivity contribution in [2.45, 2.75) is 6.92 Å². The van der Waals surface area contributed by atoms with E-state index in [1.807, 2.05) is 18.2 Å². The summed E-state index contributed by atoms with van der Waals surface area (Å²) in [6.45, 7) is 1.96. The molecule has 2 aromatic rings. The van der Waals surface area contributed by atoms with Gasteiger partial charge >= 0.3 is 5.97 Å². The van der Waals surface area contributed by atoms with Crippen molar-refractivity contribution in [1.29, 1.82) is 0 Å². The van der Waals surface area contributed by atoms with Gasteiger partial charge in [0.25, 0.3) is 0 Å². The Bertz CT molecular complexity index is 625. The highest BCUT2D eigenvalue weighted by Crippen LogP contribution is 2.32. The third kappa shape index (κ3) is 2.98. The van der Waals surface area contributed by atoms with Crippen LogP contribution in [0.1, 0.15) is 17.4 Å². The van der Waals surface area contributed by atoms with Crippen molar-refractivity contribution in [1.82, 2.24) is 4.98 Å². The fraction of sp³-hybridized carbons (Fsp3) is 0.167. The fourth-order valence-corrected chi connectivity index (χ4v) is 2.23. The quantitative estimate of drug-likeness (QED) is 0.811. The van der Waals surface area contributed by atoms with E-state index < -0.39 is 5.97 Å². The zero-order chi connectivity index (χ0) is 14.0. The average molecular weight is 390 g/mol. The summed E-state index contributed by atoms with van der Waals surface area (Å²) in [5.74, 6) is -0.393. The molecule has 1 heterocycles. The van der Waals surface area contributed by atoms with Crippen LogP contribution in [0.4, 0.5) is 5.88 Å². The van der Waals surface area contributed by atoms with Crippen molar-refractivity contribution in [3.05, 3.63) is 32.8 Å². The SMILES string of the molecule is CCOC(=O)c1nc(-c2cc(Br)ccc2Br)oc1N. The molecule has 1 aromatic heterocycles. The first-order valence-corrected chi connectivity index (χ1v) is 7.00. The van der Waals surface area contributed by atoms with Gasteiger partial charge in [-0.2, -0.15) is 4.98 Å². The fourth-order valence-electron chi connectivity index (χ4n) is 1.45. The summed E-state index contributed by atoms with van der Waals surface area (Å²) in [5.41, 5.74) is 6.32. The molecule has 0 atom stereocenters. The number of halogens is 2. The Labute approximate surface area is 126 Å². The van der Waals surface area contributed by atoms with Crippen LogP contribution in [0.25, 0.3) is 11.5 Å². The van der Waals surface area contributed by atoms with Crippen LogP contribution in [0, 0.1) is 0 Å². The Morgan fingerprint density at radius 3 is 2.89 bits per heavy atom. The molecule has 7 heteroatoms. The van der Waals surface area contributed by atoms with Gasteiger partial charge in [0.2, 0.25) is 17.5 Å². The number of nitrogens with zero attached hydrogens (tertiary/aromatic N) is 1. The minimum atomic E-state index is -0.596. The van der Waals surface area contributed by atoms with E-state index in [9.17, 15) is 4.79 Å². The van der Waals surface area contributed by atoms with E-state index in [4.69, 9.17) is 14.9 Å². The van der Waals surface area contributed by atoms with Crippen molar-refractivity contribution in [3.8, 4) is 11.5 Å². The van der Waals surface area contributed by atoms with Crippen LogP contribution in [0.15, 0.2) is 31.6 Å². The number of hydrogen-bond acceptors (Lipinski definition) is 5. The Morgan fingerprint density at radius 2 is 2.21 bits per heavy atom. The first kappa shape index (κ1) is 14.1. The molecule has 0 saturated carbocycles. The molecule has 0 radical (unpaired) electrons. The topological polar surface area (TPSA) is 78.3 Å². The summed E-state index contributed by atoms with van der Waals surface area (Å²) in [7, 11) is 0. The summed E-state index contributed by atoms with van der Waals surface area (Å²) >= 11 is 6.75. The number of esters is 1. The van der Waals surface area contributed by atoms with Crippen molar-refractivity contribution < 1.29 is 13.9 Å². The summed E-state index contributed by atoms with van der Waals surface area (Å²) in [6, 6.07) is 5.51. The summed E-state index contributed by atoms with van der Waals surface area (Å²) in [5, 5.41) is 0. The third-order valence-electron chi connectivity index (χ3n) is 2.28. The zero-order valence-electron chi connectivity index (χ0n) is 9.94. The normalized spacial score (nSPS) is 10.5. The predicted octanol–water partition coefficient (Wildman–Crippen LogP) is 3.63. The number of nitrogen functional groups attached to an aromatic ring is 1. The maximum atomic E-state index is 11.6. The van der Waals surface area contributed by atoms with Crippen molar-refractivity contribution >= 4 is 43.7 Å². The molecule has 0 fully saturated rings. The van der Waals surface area contributed by atoms with E-state index in [-0.39, 0.29) is 24.1 Å². The maximum absolute atomic E-state index is 11.6. The minimum Gasteiger partial charge on any atom is -0.461 e. The van der Waals surface area contributed by atoms with Crippen LogP contribution in [0.2, 0.25) is 0 Å². The monoisotopic (exact) mass is 388 g/mol. The van der Waals surface area contributed by atoms with Crippen LogP contribution in [-0.2, 0) is 4.74 Å². The second-order valence-corrected chi connectivity index (χ2v) is 5.35. The van der Waals surface area contributed by atoms with E-state index in [2.05, 4.69) is 36.8 Å². The molecule has 0 amide bonds. The lowest BCUT2D eigenvalue weighted by Gasteiger charge is -2.00. The highest BCUT2D eigenvalue weighted by atomic mass is 79.9. The number of hydrogen-bond donors (Lipinski definition) is 1. The van der Waals surface area contributed by atoms with Crippen molar-refractivity contribution in [3.63, 3.8) is 0 Å². The van der Waals surface area contributed by atoms with E-state index in [0.29, 0.717) is 5.56 Å². The summed E-state index contributed by atoms with van der Waals surface area (Å²) < 4.78 is 11.8. The van der Waals surface area contributed by atoms with Gasteiger partial charge in [-0.15, -0.1) is 0 Å². The number of benzene rings is 1. The third-order valence-corrected chi connectivity index (χ3v) is 3.47. The molecule has 1 aromatic carbocycles. The van der Waals surface area contributed by atoms with Gasteiger partial charge in [0.1, 0.15) is 0 Å². The molecule has 2 rings (SSSR count).